The molecule has 1 N–H and O–H groups in total. The van der Waals surface area contributed by atoms with Gasteiger partial charge >= 0.3 is 0 Å². The van der Waals surface area contributed by atoms with Crippen molar-refractivity contribution in [3.05, 3.63) is 64.6 Å². The molecule has 1 fully saturated rings. The fraction of sp³-hybridized carbons (Fsp3) is 0.292. The molecule has 1 saturated heterocycles. The Hall–Kier alpha value is -2.75. The standard InChI is InChI=1S/C24H25ClN4O3S2/c1-32-21-8-4-18(5-9-21)26-22(30)16-34-24-27-19(15-33-24)14-23(31)29-12-10-28(11-13-29)20-6-2-17(25)3-7-20/h2-9,15H,10-14,16H2,1H3,(H,26,30). The monoisotopic (exact) mass is 516 g/mol. The van der Waals surface area contributed by atoms with Crippen LogP contribution >= 0.6 is 34.7 Å². The van der Waals surface area contributed by atoms with Gasteiger partial charge in [-0.15, -0.1) is 11.3 Å². The average Bonchev–Trinajstić information content (AvgIpc) is 3.31. The zero-order valence-corrected chi connectivity index (χ0v) is 21.1. The molecular formula is C24H25ClN4O3S2. The van der Waals surface area contributed by atoms with Crippen LogP contribution < -0.4 is 15.0 Å². The summed E-state index contributed by atoms with van der Waals surface area (Å²) in [5.41, 5.74) is 2.58. The quantitative estimate of drug-likeness (QED) is 0.446. The minimum Gasteiger partial charge on any atom is -0.497 e. The van der Waals surface area contributed by atoms with Crippen molar-refractivity contribution in [1.29, 1.82) is 0 Å². The van der Waals surface area contributed by atoms with E-state index in [4.69, 9.17) is 16.3 Å². The molecule has 1 aliphatic heterocycles. The van der Waals surface area contributed by atoms with E-state index in [2.05, 4.69) is 15.2 Å². The van der Waals surface area contributed by atoms with Crippen molar-refractivity contribution in [2.75, 3.05) is 49.3 Å². The molecular weight excluding hydrogens is 492 g/mol. The number of nitrogens with one attached hydrogen (secondary N) is 1. The largest absolute Gasteiger partial charge is 0.497 e. The number of benzene rings is 2. The lowest BCUT2D eigenvalue weighted by atomic mass is 10.2. The molecule has 7 nitrogen and oxygen atoms in total. The highest BCUT2D eigenvalue weighted by molar-refractivity contribution is 8.01. The third-order valence-electron chi connectivity index (χ3n) is 5.39. The fourth-order valence-corrected chi connectivity index (χ4v) is 5.34. The van der Waals surface area contributed by atoms with Crippen molar-refractivity contribution < 1.29 is 14.3 Å². The Morgan fingerprint density at radius 2 is 1.79 bits per heavy atom. The van der Waals surface area contributed by atoms with Crippen LogP contribution in [-0.4, -0.2) is 60.7 Å². The van der Waals surface area contributed by atoms with Crippen LogP contribution in [0, 0.1) is 0 Å². The second-order valence-corrected chi connectivity index (χ2v) is 10.2. The lowest BCUT2D eigenvalue weighted by Crippen LogP contribution is -2.49. The van der Waals surface area contributed by atoms with Gasteiger partial charge < -0.3 is 19.9 Å². The van der Waals surface area contributed by atoms with E-state index in [9.17, 15) is 9.59 Å². The van der Waals surface area contributed by atoms with Crippen LogP contribution in [0.4, 0.5) is 11.4 Å². The molecule has 0 spiro atoms. The lowest BCUT2D eigenvalue weighted by Gasteiger charge is -2.36. The number of carbonyl (C=O) groups excluding carboxylic acids is 2. The van der Waals surface area contributed by atoms with Gasteiger partial charge in [-0.25, -0.2) is 4.98 Å². The van der Waals surface area contributed by atoms with Gasteiger partial charge in [-0.2, -0.15) is 0 Å². The number of thiazole rings is 1. The van der Waals surface area contributed by atoms with Gasteiger partial charge in [0.25, 0.3) is 0 Å². The molecule has 1 aromatic heterocycles. The molecule has 178 valence electrons. The predicted molar refractivity (Wildman–Crippen MR) is 138 cm³/mol. The highest BCUT2D eigenvalue weighted by Gasteiger charge is 2.22. The second-order valence-electron chi connectivity index (χ2n) is 7.69. The van der Waals surface area contributed by atoms with E-state index in [0.29, 0.717) is 18.8 Å². The Balaban J connectivity index is 1.20. The SMILES string of the molecule is COc1ccc(NC(=O)CSc2nc(CC(=O)N3CCN(c4ccc(Cl)cc4)CC3)cs2)cc1. The van der Waals surface area contributed by atoms with E-state index in [-0.39, 0.29) is 24.0 Å². The summed E-state index contributed by atoms with van der Waals surface area (Å²) in [6.45, 7) is 2.93. The van der Waals surface area contributed by atoms with Crippen LogP contribution in [0.1, 0.15) is 5.69 Å². The average molecular weight is 517 g/mol. The van der Waals surface area contributed by atoms with Crippen molar-refractivity contribution in [1.82, 2.24) is 9.88 Å². The molecule has 0 aliphatic carbocycles. The first kappa shape index (κ1) is 24.4. The van der Waals surface area contributed by atoms with Crippen molar-refractivity contribution in [3.63, 3.8) is 0 Å². The van der Waals surface area contributed by atoms with Gasteiger partial charge in [0.15, 0.2) is 4.34 Å². The molecule has 2 amide bonds. The molecule has 34 heavy (non-hydrogen) atoms. The van der Waals surface area contributed by atoms with E-state index < -0.39 is 0 Å². The first-order valence-corrected chi connectivity index (χ1v) is 13.0. The number of nitrogens with zero attached hydrogens (tertiary/aromatic N) is 3. The molecule has 4 rings (SSSR count). The summed E-state index contributed by atoms with van der Waals surface area (Å²) in [6, 6.07) is 15.0. The number of hydrogen-bond donors (Lipinski definition) is 1. The van der Waals surface area contributed by atoms with E-state index in [1.807, 2.05) is 34.5 Å². The minimum atomic E-state index is -0.110. The van der Waals surface area contributed by atoms with Gasteiger partial charge in [0.1, 0.15) is 5.75 Å². The topological polar surface area (TPSA) is 74.8 Å². The molecule has 0 bridgehead atoms. The van der Waals surface area contributed by atoms with Gasteiger partial charge in [-0.1, -0.05) is 23.4 Å². The van der Waals surface area contributed by atoms with Crippen molar-refractivity contribution in [3.8, 4) is 5.75 Å². The van der Waals surface area contributed by atoms with Crippen LogP contribution in [0.2, 0.25) is 5.02 Å². The third-order valence-corrected chi connectivity index (χ3v) is 7.71. The van der Waals surface area contributed by atoms with Crippen molar-refractivity contribution >= 4 is 57.9 Å². The first-order valence-electron chi connectivity index (χ1n) is 10.8. The molecule has 0 radical (unpaired) electrons. The Labute approximate surface area is 212 Å². The van der Waals surface area contributed by atoms with Crippen LogP contribution in [0.25, 0.3) is 0 Å². The number of carbonyl (C=O) groups is 2. The number of aromatic nitrogens is 1. The minimum absolute atomic E-state index is 0.0786. The summed E-state index contributed by atoms with van der Waals surface area (Å²) in [7, 11) is 1.60. The predicted octanol–water partition coefficient (Wildman–Crippen LogP) is 4.43. The summed E-state index contributed by atoms with van der Waals surface area (Å²) in [6.07, 6.45) is 0.274. The second kappa shape index (κ2) is 11.6. The van der Waals surface area contributed by atoms with Crippen LogP contribution in [0.3, 0.4) is 0 Å². The number of piperazine rings is 1. The molecule has 2 heterocycles. The number of thioether (sulfide) groups is 1. The van der Waals surface area contributed by atoms with E-state index in [0.717, 1.165) is 39.6 Å². The Morgan fingerprint density at radius 3 is 2.47 bits per heavy atom. The number of amides is 2. The number of methoxy groups -OCH3 is 1. The summed E-state index contributed by atoms with van der Waals surface area (Å²) in [5.74, 6) is 0.955. The van der Waals surface area contributed by atoms with Crippen LogP contribution in [-0.2, 0) is 16.0 Å². The lowest BCUT2D eigenvalue weighted by molar-refractivity contribution is -0.130. The Morgan fingerprint density at radius 1 is 1.09 bits per heavy atom. The van der Waals surface area contributed by atoms with Crippen LogP contribution in [0.5, 0.6) is 5.75 Å². The van der Waals surface area contributed by atoms with Crippen molar-refractivity contribution in [2.45, 2.75) is 10.8 Å². The normalized spacial score (nSPS) is 13.6. The number of halogens is 1. The van der Waals surface area contributed by atoms with E-state index in [1.54, 1.807) is 31.4 Å². The molecule has 1 aliphatic rings. The zero-order chi connectivity index (χ0) is 23.9. The highest BCUT2D eigenvalue weighted by atomic mass is 35.5. The smallest absolute Gasteiger partial charge is 0.234 e. The van der Waals surface area contributed by atoms with E-state index >= 15 is 0 Å². The maximum atomic E-state index is 12.8. The van der Waals surface area contributed by atoms with Gasteiger partial charge in [-0.3, -0.25) is 9.59 Å². The van der Waals surface area contributed by atoms with Gasteiger partial charge in [-0.05, 0) is 48.5 Å². The summed E-state index contributed by atoms with van der Waals surface area (Å²) in [4.78, 5) is 33.7. The first-order chi connectivity index (χ1) is 16.5. The maximum absolute atomic E-state index is 12.8. The van der Waals surface area contributed by atoms with Gasteiger partial charge in [0.2, 0.25) is 11.8 Å². The summed E-state index contributed by atoms with van der Waals surface area (Å²) < 4.78 is 5.90. The number of hydrogen-bond acceptors (Lipinski definition) is 7. The molecule has 2 aromatic carbocycles. The van der Waals surface area contributed by atoms with Crippen molar-refractivity contribution in [2.24, 2.45) is 0 Å². The third kappa shape index (κ3) is 6.65. The van der Waals surface area contributed by atoms with E-state index in [1.165, 1.54) is 23.1 Å². The Bertz CT molecular complexity index is 1110. The zero-order valence-electron chi connectivity index (χ0n) is 18.7. The van der Waals surface area contributed by atoms with Gasteiger partial charge in [0, 0.05) is 48.0 Å². The highest BCUT2D eigenvalue weighted by Crippen LogP contribution is 2.24. The fourth-order valence-electron chi connectivity index (χ4n) is 3.57. The number of ether oxygens (including phenoxy) is 1. The van der Waals surface area contributed by atoms with Crippen LogP contribution in [0.15, 0.2) is 58.3 Å². The number of rotatable bonds is 8. The molecule has 0 atom stereocenters. The molecule has 0 saturated carbocycles. The molecule has 3 aromatic rings. The Kier molecular flexibility index (Phi) is 8.31. The molecule has 10 heteroatoms. The summed E-state index contributed by atoms with van der Waals surface area (Å²) >= 11 is 8.79. The summed E-state index contributed by atoms with van der Waals surface area (Å²) in [5, 5.41) is 5.47. The molecule has 0 unspecified atom stereocenters. The maximum Gasteiger partial charge on any atom is 0.234 e. The van der Waals surface area contributed by atoms with Gasteiger partial charge in [0.05, 0.1) is 25.0 Å². The number of anilines is 2.